The van der Waals surface area contributed by atoms with Crippen LogP contribution in [0.4, 0.5) is 0 Å². The first-order valence-corrected chi connectivity index (χ1v) is 5.92. The predicted molar refractivity (Wildman–Crippen MR) is 63.4 cm³/mol. The first kappa shape index (κ1) is 9.78. The summed E-state index contributed by atoms with van der Waals surface area (Å²) in [6.07, 6.45) is 3.99. The minimum Gasteiger partial charge on any atom is -0.315 e. The molecule has 16 heavy (non-hydrogen) atoms. The third-order valence-corrected chi connectivity index (χ3v) is 3.24. The number of nitrogens with one attached hydrogen (secondary N) is 1. The molecule has 1 fully saturated rings. The Hall–Kier alpha value is -1.42. The second kappa shape index (κ2) is 3.87. The molecule has 1 saturated heterocycles. The summed E-state index contributed by atoms with van der Waals surface area (Å²) in [7, 11) is 0. The van der Waals surface area contributed by atoms with E-state index in [1.165, 1.54) is 6.42 Å². The molecule has 1 N–H and O–H groups in total. The largest absolute Gasteiger partial charge is 0.315 e. The number of rotatable bonds is 2. The lowest BCUT2D eigenvalue weighted by Gasteiger charge is -2.14. The Bertz CT molecular complexity index is 497. The molecule has 0 aromatic carbocycles. The van der Waals surface area contributed by atoms with Gasteiger partial charge >= 0.3 is 0 Å². The van der Waals surface area contributed by atoms with E-state index in [0.717, 1.165) is 36.5 Å². The van der Waals surface area contributed by atoms with Gasteiger partial charge in [-0.05, 0) is 25.1 Å². The maximum absolute atomic E-state index is 4.65. The van der Waals surface area contributed by atoms with E-state index in [1.807, 2.05) is 18.3 Å². The van der Waals surface area contributed by atoms with E-state index in [2.05, 4.69) is 26.8 Å². The zero-order chi connectivity index (χ0) is 11.0. The molecule has 4 heteroatoms. The molecule has 0 amide bonds. The number of fused-ring (bicyclic) bond motifs is 1. The highest BCUT2D eigenvalue weighted by Crippen LogP contribution is 2.23. The summed E-state index contributed by atoms with van der Waals surface area (Å²) in [5.74, 6) is 1.16. The van der Waals surface area contributed by atoms with Crippen molar-refractivity contribution >= 4 is 11.2 Å². The molecule has 0 radical (unpaired) electrons. The van der Waals surface area contributed by atoms with E-state index in [-0.39, 0.29) is 0 Å². The van der Waals surface area contributed by atoms with Crippen LogP contribution in [-0.4, -0.2) is 27.6 Å². The van der Waals surface area contributed by atoms with Crippen LogP contribution in [0.5, 0.6) is 0 Å². The molecule has 1 aliphatic heterocycles. The third kappa shape index (κ3) is 1.41. The maximum atomic E-state index is 4.65. The Kier molecular flexibility index (Phi) is 2.36. The molecular formula is C12H16N4. The van der Waals surface area contributed by atoms with E-state index in [1.54, 1.807) is 0 Å². The number of hydrogen-bond acceptors (Lipinski definition) is 3. The van der Waals surface area contributed by atoms with Crippen molar-refractivity contribution in [1.29, 1.82) is 0 Å². The molecule has 2 aromatic heterocycles. The number of pyridine rings is 1. The van der Waals surface area contributed by atoms with Crippen LogP contribution in [0.3, 0.4) is 0 Å². The SMILES string of the molecule is CCc1nc2cccnc2n1[C@@H]1CCNC1. The van der Waals surface area contributed by atoms with Gasteiger partial charge in [-0.25, -0.2) is 9.97 Å². The van der Waals surface area contributed by atoms with Crippen LogP contribution in [0.1, 0.15) is 25.2 Å². The summed E-state index contributed by atoms with van der Waals surface area (Å²) in [5, 5.41) is 3.40. The van der Waals surface area contributed by atoms with Crippen LogP contribution in [0, 0.1) is 0 Å². The standard InChI is InChI=1S/C12H16N4/c1-2-11-15-10-4-3-6-14-12(10)16(11)9-5-7-13-8-9/h3-4,6,9,13H,2,5,7-8H2,1H3/t9-/m1/s1. The highest BCUT2D eigenvalue weighted by Gasteiger charge is 2.21. The van der Waals surface area contributed by atoms with Crippen LogP contribution in [0.2, 0.25) is 0 Å². The van der Waals surface area contributed by atoms with Gasteiger partial charge in [0.25, 0.3) is 0 Å². The molecule has 2 aromatic rings. The molecular weight excluding hydrogens is 200 g/mol. The summed E-state index contributed by atoms with van der Waals surface area (Å²) in [4.78, 5) is 9.12. The van der Waals surface area contributed by atoms with Crippen molar-refractivity contribution in [2.75, 3.05) is 13.1 Å². The van der Waals surface area contributed by atoms with E-state index in [0.29, 0.717) is 6.04 Å². The second-order valence-corrected chi connectivity index (χ2v) is 4.24. The Morgan fingerprint density at radius 2 is 2.50 bits per heavy atom. The molecule has 0 aliphatic carbocycles. The van der Waals surface area contributed by atoms with Gasteiger partial charge in [0.1, 0.15) is 11.3 Å². The Balaban J connectivity index is 2.18. The number of nitrogens with zero attached hydrogens (tertiary/aromatic N) is 3. The number of aryl methyl sites for hydroxylation is 1. The van der Waals surface area contributed by atoms with Gasteiger partial charge in [-0.3, -0.25) is 0 Å². The van der Waals surface area contributed by atoms with Crippen molar-refractivity contribution in [1.82, 2.24) is 19.9 Å². The van der Waals surface area contributed by atoms with Crippen LogP contribution < -0.4 is 5.32 Å². The third-order valence-electron chi connectivity index (χ3n) is 3.24. The minimum atomic E-state index is 0.523. The minimum absolute atomic E-state index is 0.523. The van der Waals surface area contributed by atoms with Gasteiger partial charge in [0, 0.05) is 19.2 Å². The molecule has 4 nitrogen and oxygen atoms in total. The molecule has 3 rings (SSSR count). The quantitative estimate of drug-likeness (QED) is 0.827. The van der Waals surface area contributed by atoms with Gasteiger partial charge in [-0.1, -0.05) is 6.92 Å². The number of imidazole rings is 1. The lowest BCUT2D eigenvalue weighted by Crippen LogP contribution is -2.15. The fraction of sp³-hybridized carbons (Fsp3) is 0.500. The summed E-state index contributed by atoms with van der Waals surface area (Å²) in [6, 6.07) is 4.52. The van der Waals surface area contributed by atoms with Crippen LogP contribution in [-0.2, 0) is 6.42 Å². The Labute approximate surface area is 94.7 Å². The van der Waals surface area contributed by atoms with Crippen molar-refractivity contribution in [3.8, 4) is 0 Å². The monoisotopic (exact) mass is 216 g/mol. The summed E-state index contributed by atoms with van der Waals surface area (Å²) < 4.78 is 2.31. The fourth-order valence-corrected chi connectivity index (χ4v) is 2.47. The van der Waals surface area contributed by atoms with Gasteiger partial charge < -0.3 is 9.88 Å². The summed E-state index contributed by atoms with van der Waals surface area (Å²) in [5.41, 5.74) is 2.05. The number of hydrogen-bond donors (Lipinski definition) is 1. The van der Waals surface area contributed by atoms with Crippen LogP contribution >= 0.6 is 0 Å². The smallest absolute Gasteiger partial charge is 0.160 e. The lowest BCUT2D eigenvalue weighted by molar-refractivity contribution is 0.536. The molecule has 1 aliphatic rings. The second-order valence-electron chi connectivity index (χ2n) is 4.24. The molecule has 0 bridgehead atoms. The maximum Gasteiger partial charge on any atom is 0.160 e. The lowest BCUT2D eigenvalue weighted by atomic mass is 10.2. The van der Waals surface area contributed by atoms with Gasteiger partial charge in [0.05, 0.1) is 6.04 Å². The van der Waals surface area contributed by atoms with Gasteiger partial charge in [0.15, 0.2) is 5.65 Å². The van der Waals surface area contributed by atoms with E-state index in [4.69, 9.17) is 0 Å². The average molecular weight is 216 g/mol. The average Bonchev–Trinajstić information content (AvgIpc) is 2.94. The van der Waals surface area contributed by atoms with E-state index >= 15 is 0 Å². The molecule has 0 saturated carbocycles. The highest BCUT2D eigenvalue weighted by molar-refractivity contribution is 5.71. The predicted octanol–water partition coefficient (Wildman–Crippen LogP) is 1.53. The van der Waals surface area contributed by atoms with E-state index < -0.39 is 0 Å². The van der Waals surface area contributed by atoms with Crippen molar-refractivity contribution < 1.29 is 0 Å². The molecule has 3 heterocycles. The topological polar surface area (TPSA) is 42.7 Å². The molecule has 84 valence electrons. The van der Waals surface area contributed by atoms with Crippen LogP contribution in [0.25, 0.3) is 11.2 Å². The highest BCUT2D eigenvalue weighted by atomic mass is 15.2. The normalized spacial score (nSPS) is 20.7. The van der Waals surface area contributed by atoms with Crippen molar-refractivity contribution in [3.63, 3.8) is 0 Å². The molecule has 1 atom stereocenters. The van der Waals surface area contributed by atoms with Crippen LogP contribution in [0.15, 0.2) is 18.3 Å². The Morgan fingerprint density at radius 3 is 3.25 bits per heavy atom. The summed E-state index contributed by atoms with van der Waals surface area (Å²) >= 11 is 0. The molecule has 0 spiro atoms. The van der Waals surface area contributed by atoms with Crippen molar-refractivity contribution in [3.05, 3.63) is 24.2 Å². The first-order valence-electron chi connectivity index (χ1n) is 5.92. The Morgan fingerprint density at radius 1 is 1.56 bits per heavy atom. The van der Waals surface area contributed by atoms with Crippen molar-refractivity contribution in [2.24, 2.45) is 0 Å². The zero-order valence-corrected chi connectivity index (χ0v) is 9.48. The van der Waals surface area contributed by atoms with Gasteiger partial charge in [0.2, 0.25) is 0 Å². The van der Waals surface area contributed by atoms with Gasteiger partial charge in [-0.15, -0.1) is 0 Å². The van der Waals surface area contributed by atoms with E-state index in [9.17, 15) is 0 Å². The molecule has 0 unspecified atom stereocenters. The number of aromatic nitrogens is 3. The zero-order valence-electron chi connectivity index (χ0n) is 9.48. The fourth-order valence-electron chi connectivity index (χ4n) is 2.47. The first-order chi connectivity index (χ1) is 7.90. The summed E-state index contributed by atoms with van der Waals surface area (Å²) in [6.45, 7) is 4.29. The van der Waals surface area contributed by atoms with Crippen molar-refractivity contribution in [2.45, 2.75) is 25.8 Å². The van der Waals surface area contributed by atoms with Gasteiger partial charge in [-0.2, -0.15) is 0 Å².